The van der Waals surface area contributed by atoms with Crippen molar-refractivity contribution in [2.45, 2.75) is 31.5 Å². The predicted octanol–water partition coefficient (Wildman–Crippen LogP) is 1.43. The average Bonchev–Trinajstić information content (AvgIpc) is 2.11. The number of rotatable bonds is 0. The summed E-state index contributed by atoms with van der Waals surface area (Å²) in [7, 11) is 0. The van der Waals surface area contributed by atoms with Gasteiger partial charge < -0.3 is 9.47 Å². The first-order chi connectivity index (χ1) is 4.34. The van der Waals surface area contributed by atoms with Crippen molar-refractivity contribution in [1.82, 2.24) is 0 Å². The Balaban J connectivity index is 2.11. The number of hydrogen-bond acceptors (Lipinski definition) is 2. The number of hydrogen-bond donors (Lipinski definition) is 0. The minimum absolute atomic E-state index is 0.413. The van der Waals surface area contributed by atoms with Crippen molar-refractivity contribution in [3.63, 3.8) is 0 Å². The Morgan fingerprint density at radius 1 is 1.22 bits per heavy atom. The zero-order valence-corrected chi connectivity index (χ0v) is 5.30. The van der Waals surface area contributed by atoms with E-state index in [0.717, 1.165) is 19.3 Å². The Labute approximate surface area is 54.5 Å². The highest BCUT2D eigenvalue weighted by molar-refractivity contribution is 4.88. The van der Waals surface area contributed by atoms with E-state index in [2.05, 4.69) is 6.58 Å². The van der Waals surface area contributed by atoms with Crippen molar-refractivity contribution >= 4 is 0 Å². The molecule has 2 nitrogen and oxygen atoms in total. The van der Waals surface area contributed by atoms with Gasteiger partial charge in [-0.3, -0.25) is 0 Å². The Kier molecular flexibility index (Phi) is 0.949. The zero-order chi connectivity index (χ0) is 6.27. The van der Waals surface area contributed by atoms with Gasteiger partial charge in [-0.25, -0.2) is 0 Å². The van der Waals surface area contributed by atoms with Gasteiger partial charge in [-0.05, 0) is 19.4 Å². The van der Waals surface area contributed by atoms with Gasteiger partial charge in [0.1, 0.15) is 12.2 Å². The minimum atomic E-state index is 0.413. The largest absolute Gasteiger partial charge is 0.462 e. The molecule has 0 aromatic heterocycles. The molecule has 9 heavy (non-hydrogen) atoms. The molecule has 0 aromatic rings. The zero-order valence-electron chi connectivity index (χ0n) is 5.30. The van der Waals surface area contributed by atoms with Crippen LogP contribution in [0.1, 0.15) is 19.3 Å². The first-order valence-electron chi connectivity index (χ1n) is 3.37. The summed E-state index contributed by atoms with van der Waals surface area (Å²) < 4.78 is 10.5. The normalized spacial score (nSPS) is 39.8. The van der Waals surface area contributed by atoms with Crippen LogP contribution in [0, 0.1) is 0 Å². The summed E-state index contributed by atoms with van der Waals surface area (Å²) in [6.45, 7) is 3.61. The van der Waals surface area contributed by atoms with E-state index in [9.17, 15) is 0 Å². The summed E-state index contributed by atoms with van der Waals surface area (Å²) in [5.74, 6) is 0.522. The number of fused-ring (bicyclic) bond motifs is 2. The maximum absolute atomic E-state index is 5.26. The van der Waals surface area contributed by atoms with Crippen molar-refractivity contribution in [3.05, 3.63) is 12.5 Å². The third kappa shape index (κ3) is 0.784. The van der Waals surface area contributed by atoms with Gasteiger partial charge in [-0.1, -0.05) is 0 Å². The molecule has 2 fully saturated rings. The maximum atomic E-state index is 5.26. The summed E-state index contributed by atoms with van der Waals surface area (Å²) in [5, 5.41) is 0. The van der Waals surface area contributed by atoms with Crippen LogP contribution in [-0.2, 0) is 9.47 Å². The molecule has 2 bridgehead atoms. The second-order valence-corrected chi connectivity index (χ2v) is 2.66. The molecule has 0 radical (unpaired) electrons. The molecule has 0 aromatic carbocycles. The fourth-order valence-corrected chi connectivity index (χ4v) is 1.51. The van der Waals surface area contributed by atoms with E-state index in [1.807, 2.05) is 0 Å². The fraction of sp³-hybridized carbons (Fsp3) is 0.714. The van der Waals surface area contributed by atoms with Crippen LogP contribution in [-0.4, -0.2) is 12.2 Å². The van der Waals surface area contributed by atoms with Gasteiger partial charge in [0.15, 0.2) is 0 Å². The molecule has 50 valence electrons. The highest BCUT2D eigenvalue weighted by atomic mass is 16.7. The van der Waals surface area contributed by atoms with Crippen LogP contribution < -0.4 is 0 Å². The Morgan fingerprint density at radius 3 is 2.33 bits per heavy atom. The van der Waals surface area contributed by atoms with Crippen molar-refractivity contribution in [2.24, 2.45) is 0 Å². The van der Waals surface area contributed by atoms with Crippen LogP contribution >= 0.6 is 0 Å². The van der Waals surface area contributed by atoms with Crippen LogP contribution in [0.4, 0.5) is 0 Å². The lowest BCUT2D eigenvalue weighted by molar-refractivity contribution is -0.0683. The molecule has 2 atom stereocenters. The van der Waals surface area contributed by atoms with Gasteiger partial charge in [-0.15, -0.1) is 0 Å². The third-order valence-corrected chi connectivity index (χ3v) is 1.93. The molecular formula is C7H10O2. The van der Waals surface area contributed by atoms with Crippen LogP contribution in [0.2, 0.25) is 0 Å². The SMILES string of the molecule is C=C1OC2CCC(C2)O1. The minimum Gasteiger partial charge on any atom is -0.462 e. The summed E-state index contributed by atoms with van der Waals surface area (Å²) in [4.78, 5) is 0. The second kappa shape index (κ2) is 1.66. The summed E-state index contributed by atoms with van der Waals surface area (Å²) in [5.41, 5.74) is 0. The smallest absolute Gasteiger partial charge is 0.272 e. The lowest BCUT2D eigenvalue weighted by Crippen LogP contribution is -2.20. The highest BCUT2D eigenvalue weighted by Gasteiger charge is 2.32. The molecular weight excluding hydrogens is 116 g/mol. The quantitative estimate of drug-likeness (QED) is 0.488. The van der Waals surface area contributed by atoms with Crippen LogP contribution in [0.3, 0.4) is 0 Å². The monoisotopic (exact) mass is 126 g/mol. The summed E-state index contributed by atoms with van der Waals surface area (Å²) in [6, 6.07) is 0. The molecule has 2 rings (SSSR count). The molecule has 2 heteroatoms. The van der Waals surface area contributed by atoms with E-state index in [1.165, 1.54) is 0 Å². The predicted molar refractivity (Wildman–Crippen MR) is 32.7 cm³/mol. The van der Waals surface area contributed by atoms with Gasteiger partial charge in [0.05, 0.1) is 0 Å². The van der Waals surface area contributed by atoms with Gasteiger partial charge in [0.25, 0.3) is 5.95 Å². The van der Waals surface area contributed by atoms with E-state index < -0.39 is 0 Å². The number of ether oxygens (including phenoxy) is 2. The third-order valence-electron chi connectivity index (χ3n) is 1.93. The lowest BCUT2D eigenvalue weighted by Gasteiger charge is -2.23. The van der Waals surface area contributed by atoms with Gasteiger partial charge in [-0.2, -0.15) is 0 Å². The molecule has 2 unspecified atom stereocenters. The van der Waals surface area contributed by atoms with E-state index in [4.69, 9.17) is 9.47 Å². The standard InChI is InChI=1S/C7H10O2/c1-5-8-6-2-3-7(4-6)9-5/h6-7H,1-4H2. The Bertz CT molecular complexity index is 128. The van der Waals surface area contributed by atoms with E-state index in [0.29, 0.717) is 18.2 Å². The topological polar surface area (TPSA) is 18.5 Å². The van der Waals surface area contributed by atoms with Crippen molar-refractivity contribution in [3.8, 4) is 0 Å². The fourth-order valence-electron chi connectivity index (χ4n) is 1.51. The van der Waals surface area contributed by atoms with Gasteiger partial charge in [0, 0.05) is 6.42 Å². The molecule has 2 aliphatic rings. The molecule has 1 heterocycles. The lowest BCUT2D eigenvalue weighted by atomic mass is 10.3. The van der Waals surface area contributed by atoms with E-state index in [1.54, 1.807) is 0 Å². The molecule has 1 aliphatic carbocycles. The Morgan fingerprint density at radius 2 is 1.78 bits per heavy atom. The van der Waals surface area contributed by atoms with Crippen LogP contribution in [0.25, 0.3) is 0 Å². The van der Waals surface area contributed by atoms with Crippen molar-refractivity contribution in [2.75, 3.05) is 0 Å². The first-order valence-corrected chi connectivity index (χ1v) is 3.37. The van der Waals surface area contributed by atoms with Crippen LogP contribution in [0.15, 0.2) is 12.5 Å². The molecule has 1 saturated heterocycles. The van der Waals surface area contributed by atoms with Crippen molar-refractivity contribution < 1.29 is 9.47 Å². The Hall–Kier alpha value is -0.660. The maximum Gasteiger partial charge on any atom is 0.272 e. The van der Waals surface area contributed by atoms with Gasteiger partial charge >= 0.3 is 0 Å². The summed E-state index contributed by atoms with van der Waals surface area (Å²) >= 11 is 0. The summed E-state index contributed by atoms with van der Waals surface area (Å²) in [6.07, 6.45) is 4.18. The molecule has 1 aliphatic heterocycles. The van der Waals surface area contributed by atoms with E-state index in [-0.39, 0.29) is 0 Å². The molecule has 0 N–H and O–H groups in total. The first kappa shape index (κ1) is 5.15. The molecule has 1 saturated carbocycles. The molecule has 0 spiro atoms. The van der Waals surface area contributed by atoms with Crippen molar-refractivity contribution in [1.29, 1.82) is 0 Å². The molecule has 0 amide bonds. The van der Waals surface area contributed by atoms with Crippen LogP contribution in [0.5, 0.6) is 0 Å². The highest BCUT2D eigenvalue weighted by Crippen LogP contribution is 2.32. The average molecular weight is 126 g/mol. The second-order valence-electron chi connectivity index (χ2n) is 2.66. The van der Waals surface area contributed by atoms with E-state index >= 15 is 0 Å². The van der Waals surface area contributed by atoms with Gasteiger partial charge in [0.2, 0.25) is 0 Å².